The first-order valence-electron chi connectivity index (χ1n) is 6.98. The molecule has 0 aliphatic rings. The van der Waals surface area contributed by atoms with Gasteiger partial charge in [0.2, 0.25) is 11.8 Å². The summed E-state index contributed by atoms with van der Waals surface area (Å²) in [7, 11) is 0. The summed E-state index contributed by atoms with van der Waals surface area (Å²) in [4.78, 5) is 11.9. The van der Waals surface area contributed by atoms with Crippen LogP contribution in [0.15, 0.2) is 61.0 Å². The third-order valence-electron chi connectivity index (χ3n) is 3.01. The van der Waals surface area contributed by atoms with E-state index in [-0.39, 0.29) is 22.6 Å². The van der Waals surface area contributed by atoms with Crippen molar-refractivity contribution in [2.24, 2.45) is 0 Å². The Kier molecular flexibility index (Phi) is 5.87. The molecule has 0 aliphatic carbocycles. The number of carbonyl (C=O) groups is 1. The zero-order valence-corrected chi connectivity index (χ0v) is 16.5. The van der Waals surface area contributed by atoms with Crippen LogP contribution in [0.4, 0.5) is 10.1 Å². The van der Waals surface area contributed by atoms with Gasteiger partial charge in [0, 0.05) is 14.5 Å². The number of hydrogen-bond acceptors (Lipinski definition) is 5. The maximum absolute atomic E-state index is 13.7. The molecule has 0 radical (unpaired) electrons. The van der Waals surface area contributed by atoms with E-state index in [2.05, 4.69) is 47.4 Å². The Hall–Kier alpha value is -1.71. The molecule has 128 valence electrons. The highest BCUT2D eigenvalue weighted by molar-refractivity contribution is 9.10. The fraction of sp³-hybridized carbons (Fsp3) is 0.0625. The van der Waals surface area contributed by atoms with Crippen LogP contribution in [-0.4, -0.2) is 21.9 Å². The largest absolute Gasteiger partial charge is 0.411 e. The number of amides is 1. The smallest absolute Gasteiger partial charge is 0.277 e. The number of nitrogens with zero attached hydrogens (tertiary/aromatic N) is 2. The number of thioether (sulfide) groups is 1. The van der Waals surface area contributed by atoms with E-state index in [1.165, 1.54) is 12.1 Å². The van der Waals surface area contributed by atoms with Crippen molar-refractivity contribution in [3.05, 3.63) is 57.2 Å². The van der Waals surface area contributed by atoms with Gasteiger partial charge < -0.3 is 9.73 Å². The first-order chi connectivity index (χ1) is 12.0. The first-order valence-corrected chi connectivity index (χ1v) is 9.55. The third-order valence-corrected chi connectivity index (χ3v) is 4.81. The number of nitrogens with one attached hydrogen (secondary N) is 1. The second kappa shape index (κ2) is 8.11. The number of hydrogen-bond donors (Lipinski definition) is 1. The van der Waals surface area contributed by atoms with Crippen LogP contribution in [0.1, 0.15) is 0 Å². The van der Waals surface area contributed by atoms with Crippen molar-refractivity contribution < 1.29 is 13.6 Å². The van der Waals surface area contributed by atoms with E-state index in [9.17, 15) is 9.18 Å². The van der Waals surface area contributed by atoms with E-state index < -0.39 is 5.82 Å². The zero-order chi connectivity index (χ0) is 17.8. The third kappa shape index (κ3) is 4.90. The normalized spacial score (nSPS) is 10.7. The number of halogens is 3. The Labute approximate surface area is 163 Å². The van der Waals surface area contributed by atoms with Crippen molar-refractivity contribution in [1.29, 1.82) is 0 Å². The fourth-order valence-corrected chi connectivity index (χ4v) is 3.21. The highest BCUT2D eigenvalue weighted by Crippen LogP contribution is 2.25. The van der Waals surface area contributed by atoms with Gasteiger partial charge in [0.05, 0.1) is 11.4 Å². The van der Waals surface area contributed by atoms with Crippen LogP contribution in [0.5, 0.6) is 0 Å². The molecule has 0 spiro atoms. The number of aromatic nitrogens is 2. The quantitative estimate of drug-likeness (QED) is 0.506. The summed E-state index contributed by atoms with van der Waals surface area (Å²) in [5, 5.41) is 10.6. The van der Waals surface area contributed by atoms with Crippen molar-refractivity contribution in [2.45, 2.75) is 5.22 Å². The van der Waals surface area contributed by atoms with E-state index >= 15 is 0 Å². The number of anilines is 1. The van der Waals surface area contributed by atoms with Crippen LogP contribution in [0.3, 0.4) is 0 Å². The Morgan fingerprint density at radius 3 is 2.72 bits per heavy atom. The molecule has 1 aromatic heterocycles. The molecule has 0 saturated heterocycles. The van der Waals surface area contributed by atoms with Crippen molar-refractivity contribution >= 4 is 55.2 Å². The van der Waals surface area contributed by atoms with Crippen LogP contribution < -0.4 is 5.32 Å². The SMILES string of the molecule is O=C(CSc1nnc(-c2cccc(Br)c2)o1)Nc1ccc(Br)cc1F. The molecule has 0 aliphatic heterocycles. The van der Waals surface area contributed by atoms with Crippen molar-refractivity contribution in [3.8, 4) is 11.5 Å². The summed E-state index contributed by atoms with van der Waals surface area (Å²) in [6, 6.07) is 11.9. The van der Waals surface area contributed by atoms with Gasteiger partial charge in [0.25, 0.3) is 5.22 Å². The van der Waals surface area contributed by atoms with Gasteiger partial charge in [-0.15, -0.1) is 10.2 Å². The molecular weight excluding hydrogens is 477 g/mol. The number of rotatable bonds is 5. The second-order valence-corrected chi connectivity index (χ2v) is 7.60. The predicted molar refractivity (Wildman–Crippen MR) is 101 cm³/mol. The summed E-state index contributed by atoms with van der Waals surface area (Å²) in [6.07, 6.45) is 0. The highest BCUT2D eigenvalue weighted by atomic mass is 79.9. The van der Waals surface area contributed by atoms with Gasteiger partial charge in [-0.3, -0.25) is 4.79 Å². The minimum absolute atomic E-state index is 0.0234. The van der Waals surface area contributed by atoms with E-state index in [1.54, 1.807) is 6.07 Å². The van der Waals surface area contributed by atoms with E-state index in [0.29, 0.717) is 10.4 Å². The molecule has 3 rings (SSSR count). The molecule has 0 fully saturated rings. The minimum Gasteiger partial charge on any atom is -0.411 e. The molecular formula is C16H10Br2FN3O2S. The Morgan fingerprint density at radius 1 is 1.16 bits per heavy atom. The van der Waals surface area contributed by atoms with Crippen LogP contribution >= 0.6 is 43.6 Å². The van der Waals surface area contributed by atoms with Gasteiger partial charge in [-0.2, -0.15) is 0 Å². The van der Waals surface area contributed by atoms with Gasteiger partial charge in [0.15, 0.2) is 0 Å². The fourth-order valence-electron chi connectivity index (χ4n) is 1.91. The molecule has 3 aromatic rings. The lowest BCUT2D eigenvalue weighted by molar-refractivity contribution is -0.113. The number of benzene rings is 2. The molecule has 0 atom stereocenters. The molecule has 5 nitrogen and oxygen atoms in total. The molecule has 0 saturated carbocycles. The van der Waals surface area contributed by atoms with Gasteiger partial charge in [-0.05, 0) is 36.4 Å². The van der Waals surface area contributed by atoms with E-state index in [4.69, 9.17) is 4.42 Å². The summed E-state index contributed by atoms with van der Waals surface area (Å²) < 4.78 is 20.7. The van der Waals surface area contributed by atoms with Gasteiger partial charge in [-0.25, -0.2) is 4.39 Å². The topological polar surface area (TPSA) is 68.0 Å². The lowest BCUT2D eigenvalue weighted by Gasteiger charge is -2.05. The molecule has 0 bridgehead atoms. The molecule has 0 unspecified atom stereocenters. The van der Waals surface area contributed by atoms with Gasteiger partial charge in [0.1, 0.15) is 5.82 Å². The standard InChI is InChI=1S/C16H10Br2FN3O2S/c17-10-3-1-2-9(6-10)15-21-22-16(24-15)25-8-14(23)20-13-5-4-11(18)7-12(13)19/h1-7H,8H2,(H,20,23). The zero-order valence-electron chi connectivity index (χ0n) is 12.5. The average Bonchev–Trinajstić information content (AvgIpc) is 3.05. The summed E-state index contributed by atoms with van der Waals surface area (Å²) in [5.74, 6) is -0.491. The molecule has 2 aromatic carbocycles. The van der Waals surface area contributed by atoms with Crippen molar-refractivity contribution in [1.82, 2.24) is 10.2 Å². The van der Waals surface area contributed by atoms with E-state index in [0.717, 1.165) is 21.8 Å². The second-order valence-electron chi connectivity index (χ2n) is 4.84. The molecule has 25 heavy (non-hydrogen) atoms. The lowest BCUT2D eigenvalue weighted by atomic mass is 10.2. The van der Waals surface area contributed by atoms with Crippen molar-refractivity contribution in [3.63, 3.8) is 0 Å². The van der Waals surface area contributed by atoms with Gasteiger partial charge >= 0.3 is 0 Å². The average molecular weight is 487 g/mol. The van der Waals surface area contributed by atoms with Crippen molar-refractivity contribution in [2.75, 3.05) is 11.1 Å². The van der Waals surface area contributed by atoms with E-state index in [1.807, 2.05) is 24.3 Å². The number of carbonyl (C=O) groups excluding carboxylic acids is 1. The Bertz CT molecular complexity index is 920. The van der Waals surface area contributed by atoms with Gasteiger partial charge in [-0.1, -0.05) is 49.7 Å². The summed E-state index contributed by atoms with van der Waals surface area (Å²) >= 11 is 7.62. The lowest BCUT2D eigenvalue weighted by Crippen LogP contribution is -2.15. The maximum atomic E-state index is 13.7. The summed E-state index contributed by atoms with van der Waals surface area (Å²) in [6.45, 7) is 0. The molecule has 1 amide bonds. The predicted octanol–water partition coefficient (Wildman–Crippen LogP) is 5.13. The molecule has 1 heterocycles. The molecule has 9 heteroatoms. The first kappa shape index (κ1) is 18.1. The van der Waals surface area contributed by atoms with Crippen LogP contribution in [0, 0.1) is 5.82 Å². The van der Waals surface area contributed by atoms with Crippen LogP contribution in [-0.2, 0) is 4.79 Å². The minimum atomic E-state index is -0.512. The highest BCUT2D eigenvalue weighted by Gasteiger charge is 2.13. The summed E-state index contributed by atoms with van der Waals surface area (Å²) in [5.41, 5.74) is 0.893. The Morgan fingerprint density at radius 2 is 1.96 bits per heavy atom. The maximum Gasteiger partial charge on any atom is 0.277 e. The molecule has 1 N–H and O–H groups in total. The Balaban J connectivity index is 1.59. The monoisotopic (exact) mass is 485 g/mol. The van der Waals surface area contributed by atoms with Crippen LogP contribution in [0.2, 0.25) is 0 Å². The van der Waals surface area contributed by atoms with Crippen LogP contribution in [0.25, 0.3) is 11.5 Å².